The molecule has 3 nitrogen and oxygen atoms in total. The highest BCUT2D eigenvalue weighted by atomic mass is 35.5. The van der Waals surface area contributed by atoms with Crippen LogP contribution < -0.4 is 5.73 Å². The van der Waals surface area contributed by atoms with Crippen molar-refractivity contribution < 1.29 is 14.3 Å². The number of rotatable bonds is 4. The van der Waals surface area contributed by atoms with E-state index in [1.54, 1.807) is 19.1 Å². The molecule has 0 fully saturated rings. The van der Waals surface area contributed by atoms with Gasteiger partial charge in [-0.15, -0.1) is 0 Å². The molecule has 0 unspecified atom stereocenters. The van der Waals surface area contributed by atoms with Crippen LogP contribution >= 0.6 is 11.6 Å². The molecule has 0 amide bonds. The van der Waals surface area contributed by atoms with Crippen LogP contribution in [0.15, 0.2) is 12.1 Å². The number of benzene rings is 1. The number of hydrogen-bond acceptors (Lipinski definition) is 2. The first-order valence-corrected chi connectivity index (χ1v) is 5.23. The monoisotopic (exact) mass is 245 g/mol. The molecule has 1 rings (SSSR count). The summed E-state index contributed by atoms with van der Waals surface area (Å²) >= 11 is 5.84. The van der Waals surface area contributed by atoms with Crippen molar-refractivity contribution in [3.05, 3.63) is 34.1 Å². The number of nitrogens with two attached hydrogens (primary N) is 1. The average molecular weight is 246 g/mol. The minimum Gasteiger partial charge on any atom is -0.481 e. The topological polar surface area (TPSA) is 63.3 Å². The second-order valence-electron chi connectivity index (χ2n) is 3.63. The van der Waals surface area contributed by atoms with Gasteiger partial charge in [0, 0.05) is 23.0 Å². The van der Waals surface area contributed by atoms with Gasteiger partial charge < -0.3 is 10.8 Å². The third-order valence-corrected chi connectivity index (χ3v) is 2.69. The lowest BCUT2D eigenvalue weighted by molar-refractivity contribution is -0.137. The van der Waals surface area contributed by atoms with Crippen LogP contribution in [0.3, 0.4) is 0 Å². The third-order valence-electron chi connectivity index (χ3n) is 2.36. The van der Waals surface area contributed by atoms with Crippen molar-refractivity contribution in [2.75, 3.05) is 0 Å². The Morgan fingerprint density at radius 1 is 1.62 bits per heavy atom. The van der Waals surface area contributed by atoms with Gasteiger partial charge in [0.25, 0.3) is 0 Å². The standard InChI is InChI=1S/C11H13ClFNO2/c1-6-2-3-7(12)10(11(6)13)8(14)4-5-9(15)16/h2-3,8H,4-5,14H2,1H3,(H,15,16)/t8-/m0/s1. The molecule has 0 saturated heterocycles. The quantitative estimate of drug-likeness (QED) is 0.857. The number of carbonyl (C=O) groups is 1. The predicted octanol–water partition coefficient (Wildman–Crippen LogP) is 2.65. The van der Waals surface area contributed by atoms with Crippen LogP contribution in [0.25, 0.3) is 0 Å². The lowest BCUT2D eigenvalue weighted by Crippen LogP contribution is -2.15. The van der Waals surface area contributed by atoms with Crippen LogP contribution in [0.5, 0.6) is 0 Å². The summed E-state index contributed by atoms with van der Waals surface area (Å²) in [5, 5.41) is 8.76. The Kier molecular flexibility index (Phi) is 4.26. The molecule has 88 valence electrons. The van der Waals surface area contributed by atoms with E-state index < -0.39 is 17.8 Å². The molecule has 1 aromatic rings. The summed E-state index contributed by atoms with van der Waals surface area (Å²) in [6.45, 7) is 1.61. The normalized spacial score (nSPS) is 12.5. The fourth-order valence-electron chi connectivity index (χ4n) is 1.44. The summed E-state index contributed by atoms with van der Waals surface area (Å²) in [6.07, 6.45) is 0.0559. The molecule has 0 aromatic heterocycles. The van der Waals surface area contributed by atoms with Gasteiger partial charge in [-0.25, -0.2) is 4.39 Å². The van der Waals surface area contributed by atoms with E-state index in [4.69, 9.17) is 22.4 Å². The minimum atomic E-state index is -0.959. The van der Waals surface area contributed by atoms with E-state index in [0.717, 1.165) is 0 Å². The highest BCUT2D eigenvalue weighted by molar-refractivity contribution is 6.31. The molecule has 0 aliphatic rings. The van der Waals surface area contributed by atoms with Gasteiger partial charge in [0.05, 0.1) is 0 Å². The van der Waals surface area contributed by atoms with Crippen molar-refractivity contribution in [3.63, 3.8) is 0 Å². The molecule has 0 bridgehead atoms. The number of aryl methyl sites for hydroxylation is 1. The molecular formula is C11H13ClFNO2. The Balaban J connectivity index is 2.94. The van der Waals surface area contributed by atoms with Crippen LogP contribution in [0.4, 0.5) is 4.39 Å². The molecule has 0 saturated carbocycles. The Bertz CT molecular complexity index is 409. The van der Waals surface area contributed by atoms with Gasteiger partial charge in [-0.1, -0.05) is 17.7 Å². The van der Waals surface area contributed by atoms with E-state index in [-0.39, 0.29) is 23.4 Å². The smallest absolute Gasteiger partial charge is 0.303 e. The van der Waals surface area contributed by atoms with Crippen molar-refractivity contribution >= 4 is 17.6 Å². The molecular weight excluding hydrogens is 233 g/mol. The number of carboxylic acids is 1. The molecule has 0 aliphatic carbocycles. The van der Waals surface area contributed by atoms with Crippen LogP contribution in [-0.2, 0) is 4.79 Å². The predicted molar refractivity (Wildman–Crippen MR) is 59.9 cm³/mol. The van der Waals surface area contributed by atoms with Crippen molar-refractivity contribution in [3.8, 4) is 0 Å². The summed E-state index contributed by atoms with van der Waals surface area (Å²) in [4.78, 5) is 10.4. The van der Waals surface area contributed by atoms with Crippen LogP contribution in [0.1, 0.15) is 30.0 Å². The second kappa shape index (κ2) is 5.27. The zero-order chi connectivity index (χ0) is 12.3. The van der Waals surface area contributed by atoms with Gasteiger partial charge >= 0.3 is 5.97 Å². The highest BCUT2D eigenvalue weighted by Gasteiger charge is 2.17. The van der Waals surface area contributed by atoms with Gasteiger partial charge in [0.15, 0.2) is 0 Å². The zero-order valence-corrected chi connectivity index (χ0v) is 9.59. The number of carboxylic acid groups (broad SMARTS) is 1. The third kappa shape index (κ3) is 2.93. The highest BCUT2D eigenvalue weighted by Crippen LogP contribution is 2.28. The second-order valence-corrected chi connectivity index (χ2v) is 4.04. The number of hydrogen-bond donors (Lipinski definition) is 2. The maximum atomic E-state index is 13.7. The first-order chi connectivity index (χ1) is 7.43. The fourth-order valence-corrected chi connectivity index (χ4v) is 1.73. The van der Waals surface area contributed by atoms with E-state index in [1.807, 2.05) is 0 Å². The van der Waals surface area contributed by atoms with Gasteiger partial charge in [-0.3, -0.25) is 4.79 Å². The summed E-state index contributed by atoms with van der Waals surface area (Å²) < 4.78 is 13.7. The maximum absolute atomic E-state index is 13.7. The lowest BCUT2D eigenvalue weighted by atomic mass is 10.00. The Hall–Kier alpha value is -1.13. The summed E-state index contributed by atoms with van der Waals surface area (Å²) in [5.74, 6) is -1.41. The summed E-state index contributed by atoms with van der Waals surface area (Å²) in [6, 6.07) is 2.43. The lowest BCUT2D eigenvalue weighted by Gasteiger charge is -2.14. The average Bonchev–Trinajstić information content (AvgIpc) is 2.21. The van der Waals surface area contributed by atoms with Gasteiger partial charge in [0.1, 0.15) is 5.82 Å². The van der Waals surface area contributed by atoms with Crippen LogP contribution in [-0.4, -0.2) is 11.1 Å². The zero-order valence-electron chi connectivity index (χ0n) is 8.84. The first-order valence-electron chi connectivity index (χ1n) is 4.85. The van der Waals surface area contributed by atoms with Crippen molar-refractivity contribution in [2.45, 2.75) is 25.8 Å². The summed E-state index contributed by atoms with van der Waals surface area (Å²) in [5.41, 5.74) is 6.37. The molecule has 0 radical (unpaired) electrons. The van der Waals surface area contributed by atoms with E-state index in [0.29, 0.717) is 5.56 Å². The van der Waals surface area contributed by atoms with E-state index in [1.165, 1.54) is 0 Å². The maximum Gasteiger partial charge on any atom is 0.303 e. The molecule has 0 aliphatic heterocycles. The van der Waals surface area contributed by atoms with E-state index in [9.17, 15) is 9.18 Å². The molecule has 3 N–H and O–H groups in total. The van der Waals surface area contributed by atoms with Crippen molar-refractivity contribution in [1.82, 2.24) is 0 Å². The van der Waals surface area contributed by atoms with Gasteiger partial charge in [-0.2, -0.15) is 0 Å². The van der Waals surface area contributed by atoms with Crippen molar-refractivity contribution in [2.24, 2.45) is 5.73 Å². The van der Waals surface area contributed by atoms with Gasteiger partial charge in [-0.05, 0) is 25.0 Å². The van der Waals surface area contributed by atoms with Crippen LogP contribution in [0.2, 0.25) is 5.02 Å². The van der Waals surface area contributed by atoms with E-state index >= 15 is 0 Å². The molecule has 0 heterocycles. The molecule has 5 heteroatoms. The van der Waals surface area contributed by atoms with E-state index in [2.05, 4.69) is 0 Å². The SMILES string of the molecule is Cc1ccc(Cl)c([C@@H](N)CCC(=O)O)c1F. The Labute approximate surface area is 98.0 Å². The minimum absolute atomic E-state index is 0.106. The molecule has 1 atom stereocenters. The first kappa shape index (κ1) is 12.9. The van der Waals surface area contributed by atoms with Crippen LogP contribution in [0, 0.1) is 12.7 Å². The molecule has 0 spiro atoms. The summed E-state index contributed by atoms with van der Waals surface area (Å²) in [7, 11) is 0. The number of halogens is 2. The Morgan fingerprint density at radius 2 is 2.25 bits per heavy atom. The molecule has 1 aromatic carbocycles. The van der Waals surface area contributed by atoms with Gasteiger partial charge in [0.2, 0.25) is 0 Å². The molecule has 16 heavy (non-hydrogen) atoms. The Morgan fingerprint density at radius 3 is 2.81 bits per heavy atom. The van der Waals surface area contributed by atoms with Crippen molar-refractivity contribution in [1.29, 1.82) is 0 Å². The number of aliphatic carboxylic acids is 1. The fraction of sp³-hybridized carbons (Fsp3) is 0.364. The largest absolute Gasteiger partial charge is 0.481 e.